The highest BCUT2D eigenvalue weighted by Gasteiger charge is 2.32. The van der Waals surface area contributed by atoms with Gasteiger partial charge in [-0.3, -0.25) is 4.79 Å². The molecule has 0 aliphatic carbocycles. The van der Waals surface area contributed by atoms with Crippen LogP contribution in [0.4, 0.5) is 13.2 Å². The number of aryl methyl sites for hydroxylation is 1. The van der Waals surface area contributed by atoms with Crippen LogP contribution in [0.25, 0.3) is 5.82 Å². The Bertz CT molecular complexity index is 1440. The van der Waals surface area contributed by atoms with Crippen molar-refractivity contribution in [3.05, 3.63) is 101 Å². The summed E-state index contributed by atoms with van der Waals surface area (Å²) >= 11 is 0. The van der Waals surface area contributed by atoms with E-state index in [0.717, 1.165) is 17.7 Å². The third-order valence-corrected chi connectivity index (χ3v) is 5.31. The first-order chi connectivity index (χ1) is 17.6. The van der Waals surface area contributed by atoms with Gasteiger partial charge in [0.1, 0.15) is 24.3 Å². The first-order valence-corrected chi connectivity index (χ1v) is 11.1. The van der Waals surface area contributed by atoms with Crippen LogP contribution in [0.5, 0.6) is 5.75 Å². The predicted octanol–water partition coefficient (Wildman–Crippen LogP) is 4.93. The van der Waals surface area contributed by atoms with Crippen LogP contribution < -0.4 is 10.1 Å². The van der Waals surface area contributed by atoms with Crippen LogP contribution in [0.15, 0.2) is 66.9 Å². The fraction of sp³-hybridized carbons (Fsp3) is 0.192. The van der Waals surface area contributed by atoms with Gasteiger partial charge in [-0.15, -0.1) is 5.10 Å². The molecule has 0 unspecified atom stereocenters. The number of rotatable bonds is 7. The summed E-state index contributed by atoms with van der Waals surface area (Å²) in [6.45, 7) is 3.32. The van der Waals surface area contributed by atoms with E-state index in [9.17, 15) is 18.0 Å². The molecule has 4 aromatic rings. The van der Waals surface area contributed by atoms with Crippen LogP contribution in [0, 0.1) is 18.3 Å². The molecule has 2 aromatic carbocycles. The second-order valence-corrected chi connectivity index (χ2v) is 8.16. The summed E-state index contributed by atoms with van der Waals surface area (Å²) in [6.07, 6.45) is -3.30. The summed E-state index contributed by atoms with van der Waals surface area (Å²) in [6, 6.07) is 16.2. The lowest BCUT2D eigenvalue weighted by Crippen LogP contribution is -2.29. The van der Waals surface area contributed by atoms with Crippen molar-refractivity contribution < 1.29 is 22.7 Å². The van der Waals surface area contributed by atoms with Crippen molar-refractivity contribution in [1.82, 2.24) is 25.1 Å². The minimum Gasteiger partial charge on any atom is -0.489 e. The molecule has 0 radical (unpaired) electrons. The monoisotopic (exact) mass is 506 g/mol. The Morgan fingerprint density at radius 2 is 1.92 bits per heavy atom. The van der Waals surface area contributed by atoms with Crippen LogP contribution in [0.1, 0.15) is 51.7 Å². The number of alkyl halides is 3. The fourth-order valence-electron chi connectivity index (χ4n) is 3.52. The van der Waals surface area contributed by atoms with E-state index in [1.165, 1.54) is 16.9 Å². The Morgan fingerprint density at radius 3 is 2.57 bits per heavy atom. The van der Waals surface area contributed by atoms with E-state index in [-0.39, 0.29) is 17.9 Å². The highest BCUT2D eigenvalue weighted by Crippen LogP contribution is 2.33. The number of nitrogens with one attached hydrogen (secondary N) is 1. The van der Waals surface area contributed by atoms with Crippen molar-refractivity contribution in [2.75, 3.05) is 0 Å². The van der Waals surface area contributed by atoms with Crippen molar-refractivity contribution in [1.29, 1.82) is 5.26 Å². The third kappa shape index (κ3) is 6.10. The highest BCUT2D eigenvalue weighted by molar-refractivity contribution is 5.95. The topological polar surface area (TPSA) is 106 Å². The van der Waals surface area contributed by atoms with Crippen molar-refractivity contribution in [3.63, 3.8) is 0 Å². The van der Waals surface area contributed by atoms with Crippen molar-refractivity contribution in [2.24, 2.45) is 0 Å². The quantitative estimate of drug-likeness (QED) is 0.381. The molecule has 0 aliphatic heterocycles. The summed E-state index contributed by atoms with van der Waals surface area (Å²) in [5, 5.41) is 15.9. The number of carbonyl (C=O) groups excluding carboxylic acids is 1. The van der Waals surface area contributed by atoms with Crippen LogP contribution in [0.2, 0.25) is 0 Å². The zero-order chi connectivity index (χ0) is 26.6. The summed E-state index contributed by atoms with van der Waals surface area (Å²) < 4.78 is 47.7. The van der Waals surface area contributed by atoms with E-state index >= 15 is 0 Å². The normalized spacial score (nSPS) is 12.0. The molecule has 2 heterocycles. The molecule has 1 amide bonds. The van der Waals surface area contributed by atoms with E-state index in [2.05, 4.69) is 20.4 Å². The number of nitrogens with zero attached hydrogens (tertiary/aromatic N) is 5. The number of ether oxygens (including phenoxy) is 1. The minimum absolute atomic E-state index is 0.0413. The Labute approximate surface area is 210 Å². The minimum atomic E-state index is -4.68. The van der Waals surface area contributed by atoms with Gasteiger partial charge in [0, 0.05) is 11.8 Å². The molecule has 8 nitrogen and oxygen atoms in total. The van der Waals surface area contributed by atoms with Gasteiger partial charge in [0.05, 0.1) is 17.2 Å². The Morgan fingerprint density at radius 1 is 1.16 bits per heavy atom. The predicted molar refractivity (Wildman–Crippen MR) is 127 cm³/mol. The number of benzene rings is 2. The molecule has 0 fully saturated rings. The molecule has 4 rings (SSSR count). The molecule has 1 N–H and O–H groups in total. The molecular weight excluding hydrogens is 485 g/mol. The zero-order valence-electron chi connectivity index (χ0n) is 19.8. The fourth-order valence-corrected chi connectivity index (χ4v) is 3.52. The summed E-state index contributed by atoms with van der Waals surface area (Å²) in [5.41, 5.74) is -0.0929. The van der Waals surface area contributed by atoms with E-state index in [1.807, 2.05) is 12.1 Å². The van der Waals surface area contributed by atoms with Gasteiger partial charge in [0.15, 0.2) is 11.6 Å². The molecule has 0 aliphatic rings. The molecule has 0 saturated heterocycles. The molecule has 0 bridgehead atoms. The number of carbonyl (C=O) groups is 1. The molecule has 0 spiro atoms. The maximum Gasteiger partial charge on any atom is 0.416 e. The Kier molecular flexibility index (Phi) is 7.20. The van der Waals surface area contributed by atoms with E-state index in [0.29, 0.717) is 23.0 Å². The first kappa shape index (κ1) is 25.4. The summed E-state index contributed by atoms with van der Waals surface area (Å²) in [5.74, 6) is 0.250. The van der Waals surface area contributed by atoms with Crippen LogP contribution >= 0.6 is 0 Å². The van der Waals surface area contributed by atoms with Crippen LogP contribution in [-0.4, -0.2) is 25.7 Å². The molecule has 1 atom stereocenters. The van der Waals surface area contributed by atoms with Crippen LogP contribution in [0.3, 0.4) is 0 Å². The maximum absolute atomic E-state index is 13.6. The van der Waals surface area contributed by atoms with Gasteiger partial charge in [-0.05, 0) is 49.7 Å². The lowest BCUT2D eigenvalue weighted by Gasteiger charge is -2.16. The van der Waals surface area contributed by atoms with Crippen molar-refractivity contribution in [2.45, 2.75) is 32.7 Å². The van der Waals surface area contributed by atoms with Gasteiger partial charge < -0.3 is 10.1 Å². The molecule has 188 valence electrons. The molecule has 11 heteroatoms. The lowest BCUT2D eigenvalue weighted by atomic mass is 10.1. The van der Waals surface area contributed by atoms with Gasteiger partial charge in [-0.1, -0.05) is 30.3 Å². The van der Waals surface area contributed by atoms with E-state index in [1.54, 1.807) is 50.2 Å². The Balaban J connectivity index is 1.58. The number of halogens is 3. The smallest absolute Gasteiger partial charge is 0.416 e. The molecule has 2 aromatic heterocycles. The van der Waals surface area contributed by atoms with Gasteiger partial charge in [-0.25, -0.2) is 9.97 Å². The second-order valence-electron chi connectivity index (χ2n) is 8.16. The number of amides is 1. The second kappa shape index (κ2) is 10.5. The number of hydrogen-bond donors (Lipinski definition) is 1. The zero-order valence-corrected chi connectivity index (χ0v) is 19.8. The number of nitriles is 1. The highest BCUT2D eigenvalue weighted by atomic mass is 19.4. The van der Waals surface area contributed by atoms with Gasteiger partial charge in [-0.2, -0.15) is 23.1 Å². The molecule has 0 saturated carbocycles. The number of hydrogen-bond acceptors (Lipinski definition) is 6. The molecular formula is C26H21F3N6O2. The average molecular weight is 506 g/mol. The summed E-state index contributed by atoms with van der Waals surface area (Å²) in [4.78, 5) is 21.6. The van der Waals surface area contributed by atoms with Gasteiger partial charge in [0.25, 0.3) is 5.91 Å². The first-order valence-electron chi connectivity index (χ1n) is 11.1. The summed E-state index contributed by atoms with van der Waals surface area (Å²) in [7, 11) is 0. The SMILES string of the molecule is Cc1nc([C@H](C)NC(=O)c2cc(OCc3ccccc3)cc(C(F)(F)F)c2)n(-c2ccc(C#N)cn2)n1. The standard InChI is InChI=1S/C26H21F3N6O2/c1-16(24-33-17(2)34-35(24)23-9-8-19(13-30)14-31-23)32-25(36)20-10-21(26(27,28)29)12-22(11-20)37-15-18-6-4-3-5-7-18/h3-12,14,16H,15H2,1-2H3,(H,32,36)/t16-/m0/s1. The van der Waals surface area contributed by atoms with Crippen molar-refractivity contribution >= 4 is 5.91 Å². The Hall–Kier alpha value is -4.72. The average Bonchev–Trinajstić information content (AvgIpc) is 3.29. The van der Waals surface area contributed by atoms with Gasteiger partial charge >= 0.3 is 6.18 Å². The van der Waals surface area contributed by atoms with E-state index < -0.39 is 23.7 Å². The van der Waals surface area contributed by atoms with Crippen molar-refractivity contribution in [3.8, 4) is 17.6 Å². The lowest BCUT2D eigenvalue weighted by molar-refractivity contribution is -0.137. The number of aromatic nitrogens is 4. The molecule has 37 heavy (non-hydrogen) atoms. The van der Waals surface area contributed by atoms with Gasteiger partial charge in [0.2, 0.25) is 0 Å². The maximum atomic E-state index is 13.6. The third-order valence-electron chi connectivity index (χ3n) is 5.31. The largest absolute Gasteiger partial charge is 0.489 e. The van der Waals surface area contributed by atoms with Crippen LogP contribution in [-0.2, 0) is 12.8 Å². The van der Waals surface area contributed by atoms with E-state index in [4.69, 9.17) is 10.00 Å². The number of pyridine rings is 1.